The second-order valence-electron chi connectivity index (χ2n) is 4.50. The lowest BCUT2D eigenvalue weighted by atomic mass is 10.2. The van der Waals surface area contributed by atoms with Crippen LogP contribution in [0, 0.1) is 17.1 Å². The third-order valence-corrected chi connectivity index (χ3v) is 2.90. The molecule has 108 valence electrons. The van der Waals surface area contributed by atoms with Crippen LogP contribution in [0.5, 0.6) is 5.75 Å². The molecule has 0 saturated heterocycles. The van der Waals surface area contributed by atoms with E-state index in [0.29, 0.717) is 23.7 Å². The highest BCUT2D eigenvalue weighted by Crippen LogP contribution is 2.32. The number of nitrogens with one attached hydrogen (secondary N) is 1. The van der Waals surface area contributed by atoms with Crippen molar-refractivity contribution in [2.75, 3.05) is 17.7 Å². The third-order valence-electron chi connectivity index (χ3n) is 2.90. The van der Waals surface area contributed by atoms with Crippen LogP contribution in [0.4, 0.5) is 21.5 Å². The van der Waals surface area contributed by atoms with Gasteiger partial charge in [-0.25, -0.2) is 4.39 Å². The zero-order valence-electron chi connectivity index (χ0n) is 11.7. The predicted octanol–water partition coefficient (Wildman–Crippen LogP) is 3.81. The van der Waals surface area contributed by atoms with Gasteiger partial charge >= 0.3 is 0 Å². The lowest BCUT2D eigenvalue weighted by molar-refractivity contribution is 0.319. The van der Waals surface area contributed by atoms with Gasteiger partial charge in [0.25, 0.3) is 0 Å². The number of nitrogen functional groups attached to an aromatic ring is 1. The summed E-state index contributed by atoms with van der Waals surface area (Å²) in [6.45, 7) is 2.57. The van der Waals surface area contributed by atoms with Gasteiger partial charge in [0.05, 0.1) is 35.3 Å². The van der Waals surface area contributed by atoms with Crippen LogP contribution in [0.25, 0.3) is 0 Å². The molecule has 0 aromatic heterocycles. The first kappa shape index (κ1) is 14.7. The summed E-state index contributed by atoms with van der Waals surface area (Å²) in [5.41, 5.74) is 7.53. The van der Waals surface area contributed by atoms with Crippen molar-refractivity contribution in [3.8, 4) is 11.8 Å². The number of hydrogen-bond donors (Lipinski definition) is 2. The molecule has 2 rings (SSSR count). The Bertz CT molecular complexity index is 680. The Kier molecular flexibility index (Phi) is 4.62. The van der Waals surface area contributed by atoms with Crippen LogP contribution in [0.3, 0.4) is 0 Å². The quantitative estimate of drug-likeness (QED) is 0.819. The predicted molar refractivity (Wildman–Crippen MR) is 81.0 cm³/mol. The lowest BCUT2D eigenvalue weighted by Crippen LogP contribution is -2.03. The first-order valence-electron chi connectivity index (χ1n) is 6.63. The van der Waals surface area contributed by atoms with E-state index in [9.17, 15) is 4.39 Å². The molecule has 0 spiro atoms. The van der Waals surface area contributed by atoms with Crippen molar-refractivity contribution in [1.29, 1.82) is 5.26 Å². The second-order valence-corrected chi connectivity index (χ2v) is 4.50. The molecule has 3 N–H and O–H groups in total. The summed E-state index contributed by atoms with van der Waals surface area (Å²) >= 11 is 0. The number of benzene rings is 2. The summed E-state index contributed by atoms with van der Waals surface area (Å²) in [5, 5.41) is 11.7. The summed E-state index contributed by atoms with van der Waals surface area (Å²) < 4.78 is 19.4. The second kappa shape index (κ2) is 6.62. The molecule has 0 fully saturated rings. The molecule has 0 aliphatic rings. The van der Waals surface area contributed by atoms with Gasteiger partial charge in [-0.05, 0) is 36.8 Å². The Labute approximate surface area is 123 Å². The summed E-state index contributed by atoms with van der Waals surface area (Å²) in [5.74, 6) is 0.0595. The molecule has 0 bridgehead atoms. The molecule has 5 heteroatoms. The van der Waals surface area contributed by atoms with E-state index in [-0.39, 0.29) is 11.3 Å². The SMILES string of the molecule is CCCOc1cccc(Nc2ccc(C#N)cc2F)c1N. The minimum absolute atomic E-state index is 0.258. The highest BCUT2D eigenvalue weighted by molar-refractivity contribution is 5.77. The molecule has 0 aliphatic heterocycles. The average Bonchev–Trinajstić information content (AvgIpc) is 2.50. The van der Waals surface area contributed by atoms with E-state index in [4.69, 9.17) is 15.7 Å². The van der Waals surface area contributed by atoms with E-state index in [2.05, 4.69) is 5.32 Å². The minimum atomic E-state index is -0.506. The number of hydrogen-bond acceptors (Lipinski definition) is 4. The molecule has 21 heavy (non-hydrogen) atoms. The van der Waals surface area contributed by atoms with Crippen molar-refractivity contribution in [3.63, 3.8) is 0 Å². The normalized spacial score (nSPS) is 9.95. The van der Waals surface area contributed by atoms with E-state index in [1.165, 1.54) is 12.1 Å². The van der Waals surface area contributed by atoms with Crippen LogP contribution in [-0.2, 0) is 0 Å². The van der Waals surface area contributed by atoms with Crippen molar-refractivity contribution in [1.82, 2.24) is 0 Å². The smallest absolute Gasteiger partial charge is 0.147 e. The molecule has 0 saturated carbocycles. The van der Waals surface area contributed by atoms with Crippen LogP contribution in [0.2, 0.25) is 0 Å². The molecule has 0 heterocycles. The number of nitrogens with two attached hydrogens (primary N) is 1. The maximum Gasteiger partial charge on any atom is 0.147 e. The van der Waals surface area contributed by atoms with E-state index in [1.807, 2.05) is 13.0 Å². The van der Waals surface area contributed by atoms with Gasteiger partial charge in [-0.1, -0.05) is 13.0 Å². The highest BCUT2D eigenvalue weighted by atomic mass is 19.1. The van der Waals surface area contributed by atoms with Crippen molar-refractivity contribution >= 4 is 17.1 Å². The molecule has 0 atom stereocenters. The summed E-state index contributed by atoms with van der Waals surface area (Å²) in [7, 11) is 0. The largest absolute Gasteiger partial charge is 0.491 e. The molecule has 0 unspecified atom stereocenters. The maximum absolute atomic E-state index is 13.9. The fourth-order valence-electron chi connectivity index (χ4n) is 1.82. The molecule has 0 aliphatic carbocycles. The Hall–Kier alpha value is -2.74. The van der Waals surface area contributed by atoms with E-state index < -0.39 is 5.82 Å². The number of ether oxygens (including phenoxy) is 1. The molecule has 4 nitrogen and oxygen atoms in total. The molecule has 2 aromatic carbocycles. The van der Waals surface area contributed by atoms with Gasteiger partial charge in [0.2, 0.25) is 0 Å². The fraction of sp³-hybridized carbons (Fsp3) is 0.188. The molecule has 0 radical (unpaired) electrons. The van der Waals surface area contributed by atoms with E-state index in [1.54, 1.807) is 24.3 Å². The molecule has 0 amide bonds. The molecule has 2 aromatic rings. The first-order chi connectivity index (χ1) is 10.2. The summed E-state index contributed by atoms with van der Waals surface area (Å²) in [6, 6.07) is 11.4. The standard InChI is InChI=1S/C16H16FN3O/c1-2-8-21-15-5-3-4-14(16(15)19)20-13-7-6-11(10-18)9-12(13)17/h3-7,9,20H,2,8,19H2,1H3. The third kappa shape index (κ3) is 3.42. The Morgan fingerprint density at radius 2 is 2.10 bits per heavy atom. The highest BCUT2D eigenvalue weighted by Gasteiger charge is 2.09. The van der Waals surface area contributed by atoms with Crippen molar-refractivity contribution in [3.05, 3.63) is 47.8 Å². The van der Waals surface area contributed by atoms with Crippen molar-refractivity contribution < 1.29 is 9.13 Å². The van der Waals surface area contributed by atoms with Gasteiger partial charge in [0, 0.05) is 0 Å². The first-order valence-corrected chi connectivity index (χ1v) is 6.63. The average molecular weight is 285 g/mol. The molecular formula is C16H16FN3O. The van der Waals surface area contributed by atoms with Gasteiger partial charge in [-0.3, -0.25) is 0 Å². The number of halogens is 1. The van der Waals surface area contributed by atoms with E-state index >= 15 is 0 Å². The van der Waals surface area contributed by atoms with Crippen LogP contribution in [-0.4, -0.2) is 6.61 Å². The van der Waals surface area contributed by atoms with Crippen molar-refractivity contribution in [2.45, 2.75) is 13.3 Å². The van der Waals surface area contributed by atoms with Gasteiger partial charge in [-0.2, -0.15) is 5.26 Å². The topological polar surface area (TPSA) is 71.1 Å². The monoisotopic (exact) mass is 285 g/mol. The van der Waals surface area contributed by atoms with Gasteiger partial charge in [-0.15, -0.1) is 0 Å². The number of para-hydroxylation sites is 1. The van der Waals surface area contributed by atoms with Crippen LogP contribution in [0.1, 0.15) is 18.9 Å². The van der Waals surface area contributed by atoms with E-state index in [0.717, 1.165) is 6.42 Å². The van der Waals surface area contributed by atoms with Gasteiger partial charge in [0.1, 0.15) is 11.6 Å². The zero-order valence-corrected chi connectivity index (χ0v) is 11.7. The van der Waals surface area contributed by atoms with Gasteiger partial charge in [0.15, 0.2) is 0 Å². The Morgan fingerprint density at radius 1 is 1.29 bits per heavy atom. The number of rotatable bonds is 5. The van der Waals surface area contributed by atoms with Crippen LogP contribution < -0.4 is 15.8 Å². The lowest BCUT2D eigenvalue weighted by Gasteiger charge is -2.14. The fourth-order valence-corrected chi connectivity index (χ4v) is 1.82. The minimum Gasteiger partial charge on any atom is -0.491 e. The number of nitrogens with zero attached hydrogens (tertiary/aromatic N) is 1. The maximum atomic E-state index is 13.9. The number of nitriles is 1. The Balaban J connectivity index is 2.26. The van der Waals surface area contributed by atoms with Crippen molar-refractivity contribution in [2.24, 2.45) is 0 Å². The van der Waals surface area contributed by atoms with Crippen LogP contribution >= 0.6 is 0 Å². The Morgan fingerprint density at radius 3 is 2.76 bits per heavy atom. The number of anilines is 3. The summed E-state index contributed by atoms with van der Waals surface area (Å²) in [4.78, 5) is 0. The van der Waals surface area contributed by atoms with Gasteiger partial charge < -0.3 is 15.8 Å². The molecular weight excluding hydrogens is 269 g/mol. The van der Waals surface area contributed by atoms with Crippen LogP contribution in [0.15, 0.2) is 36.4 Å². The zero-order chi connectivity index (χ0) is 15.2. The summed E-state index contributed by atoms with van der Waals surface area (Å²) in [6.07, 6.45) is 0.876.